The lowest BCUT2D eigenvalue weighted by atomic mass is 9.93. The van der Waals surface area contributed by atoms with Gasteiger partial charge < -0.3 is 16.4 Å². The molecule has 0 spiro atoms. The molecule has 21 heavy (non-hydrogen) atoms. The number of hydrogen-bond donors (Lipinski definition) is 2. The Bertz CT molecular complexity index is 593. The Kier molecular flexibility index (Phi) is 4.26. The monoisotopic (exact) mass is 288 g/mol. The first-order valence-electron chi connectivity index (χ1n) is 7.00. The van der Waals surface area contributed by atoms with E-state index in [0.29, 0.717) is 12.1 Å². The van der Waals surface area contributed by atoms with E-state index in [4.69, 9.17) is 11.5 Å². The second-order valence-electron chi connectivity index (χ2n) is 5.19. The molecular formula is C15H20N4O2. The van der Waals surface area contributed by atoms with Crippen LogP contribution in [0.2, 0.25) is 0 Å². The van der Waals surface area contributed by atoms with E-state index in [9.17, 15) is 9.59 Å². The minimum Gasteiger partial charge on any atom is -0.370 e. The fourth-order valence-electron chi connectivity index (χ4n) is 2.78. The molecular weight excluding hydrogens is 268 g/mol. The van der Waals surface area contributed by atoms with E-state index < -0.39 is 11.8 Å². The molecule has 2 unspecified atom stereocenters. The van der Waals surface area contributed by atoms with E-state index in [1.165, 1.54) is 0 Å². The Morgan fingerprint density at radius 1 is 1.38 bits per heavy atom. The van der Waals surface area contributed by atoms with Crippen molar-refractivity contribution in [1.82, 2.24) is 4.90 Å². The third kappa shape index (κ3) is 2.74. The average Bonchev–Trinajstić information content (AvgIpc) is 2.71. The summed E-state index contributed by atoms with van der Waals surface area (Å²) in [5.41, 5.74) is 12.1. The highest BCUT2D eigenvalue weighted by Crippen LogP contribution is 2.39. The van der Waals surface area contributed by atoms with Crippen molar-refractivity contribution < 1.29 is 9.59 Å². The Balaban J connectivity index is 2.41. The maximum atomic E-state index is 12.5. The van der Waals surface area contributed by atoms with Crippen molar-refractivity contribution in [3.05, 3.63) is 35.4 Å². The molecule has 0 fully saturated rings. The molecule has 6 heteroatoms. The molecule has 1 aromatic carbocycles. The smallest absolute Gasteiger partial charge is 0.254 e. The topological polar surface area (TPSA) is 102 Å². The van der Waals surface area contributed by atoms with E-state index in [-0.39, 0.29) is 17.9 Å². The van der Waals surface area contributed by atoms with Gasteiger partial charge in [0.15, 0.2) is 5.96 Å². The Morgan fingerprint density at radius 2 is 2.05 bits per heavy atom. The summed E-state index contributed by atoms with van der Waals surface area (Å²) < 4.78 is 0. The van der Waals surface area contributed by atoms with E-state index in [2.05, 4.69) is 4.99 Å². The lowest BCUT2D eigenvalue weighted by Gasteiger charge is -2.28. The summed E-state index contributed by atoms with van der Waals surface area (Å²) in [6, 6.07) is 7.05. The predicted octanol–water partition coefficient (Wildman–Crippen LogP) is 1.03. The van der Waals surface area contributed by atoms with Gasteiger partial charge in [0.05, 0.1) is 12.0 Å². The number of hydrogen-bond acceptors (Lipinski definition) is 2. The SMILES string of the molecule is CCCN1C(=O)c2ccccc2C1C(C)C(=O)N=C(N)N. The second-order valence-corrected chi connectivity index (χ2v) is 5.19. The van der Waals surface area contributed by atoms with Gasteiger partial charge in [-0.15, -0.1) is 0 Å². The van der Waals surface area contributed by atoms with Crippen LogP contribution in [-0.2, 0) is 4.79 Å². The number of rotatable bonds is 4. The van der Waals surface area contributed by atoms with E-state index in [0.717, 1.165) is 12.0 Å². The van der Waals surface area contributed by atoms with Crippen LogP contribution in [-0.4, -0.2) is 29.2 Å². The number of nitrogens with two attached hydrogens (primary N) is 2. The van der Waals surface area contributed by atoms with Crippen LogP contribution in [0.25, 0.3) is 0 Å². The van der Waals surface area contributed by atoms with Crippen molar-refractivity contribution >= 4 is 17.8 Å². The van der Waals surface area contributed by atoms with Gasteiger partial charge in [-0.3, -0.25) is 9.59 Å². The van der Waals surface area contributed by atoms with Gasteiger partial charge in [-0.25, -0.2) is 0 Å². The van der Waals surface area contributed by atoms with Gasteiger partial charge in [0.1, 0.15) is 0 Å². The fourth-order valence-corrected chi connectivity index (χ4v) is 2.78. The normalized spacial score (nSPS) is 18.3. The van der Waals surface area contributed by atoms with Crippen LogP contribution in [0, 0.1) is 5.92 Å². The summed E-state index contributed by atoms with van der Waals surface area (Å²) >= 11 is 0. The number of fused-ring (bicyclic) bond motifs is 1. The maximum absolute atomic E-state index is 12.5. The molecule has 112 valence electrons. The molecule has 1 heterocycles. The van der Waals surface area contributed by atoms with Crippen molar-refractivity contribution in [1.29, 1.82) is 0 Å². The van der Waals surface area contributed by atoms with Crippen LogP contribution in [0.1, 0.15) is 42.2 Å². The van der Waals surface area contributed by atoms with Crippen molar-refractivity contribution in [3.63, 3.8) is 0 Å². The number of aliphatic imine (C=N–C) groups is 1. The summed E-state index contributed by atoms with van der Waals surface area (Å²) in [7, 11) is 0. The lowest BCUT2D eigenvalue weighted by molar-refractivity contribution is -0.122. The summed E-state index contributed by atoms with van der Waals surface area (Å²) in [6.45, 7) is 4.34. The number of carbonyl (C=O) groups is 2. The molecule has 0 saturated heterocycles. The minimum absolute atomic E-state index is 0.0400. The van der Waals surface area contributed by atoms with Crippen molar-refractivity contribution in [2.75, 3.05) is 6.54 Å². The quantitative estimate of drug-likeness (QED) is 0.638. The summed E-state index contributed by atoms with van der Waals surface area (Å²) in [5.74, 6) is -1.20. The Morgan fingerprint density at radius 3 is 2.67 bits per heavy atom. The number of amides is 2. The number of guanidine groups is 1. The van der Waals surface area contributed by atoms with Crippen LogP contribution in [0.15, 0.2) is 29.3 Å². The van der Waals surface area contributed by atoms with E-state index >= 15 is 0 Å². The molecule has 0 saturated carbocycles. The number of benzene rings is 1. The molecule has 6 nitrogen and oxygen atoms in total. The third-order valence-electron chi connectivity index (χ3n) is 3.67. The maximum Gasteiger partial charge on any atom is 0.254 e. The van der Waals surface area contributed by atoms with Gasteiger partial charge in [0.2, 0.25) is 0 Å². The summed E-state index contributed by atoms with van der Waals surface area (Å²) in [4.78, 5) is 29.9. The molecule has 4 N–H and O–H groups in total. The first kappa shape index (κ1) is 15.0. The highest BCUT2D eigenvalue weighted by Gasteiger charge is 2.41. The molecule has 1 aromatic rings. The van der Waals surface area contributed by atoms with Crippen LogP contribution in [0.4, 0.5) is 0 Å². The molecule has 1 aliphatic heterocycles. The first-order chi connectivity index (χ1) is 9.97. The largest absolute Gasteiger partial charge is 0.370 e. The van der Waals surface area contributed by atoms with Crippen LogP contribution in [0.5, 0.6) is 0 Å². The van der Waals surface area contributed by atoms with E-state index in [1.54, 1.807) is 17.9 Å². The van der Waals surface area contributed by atoms with Crippen LogP contribution in [0.3, 0.4) is 0 Å². The van der Waals surface area contributed by atoms with Gasteiger partial charge in [0.25, 0.3) is 11.8 Å². The summed E-state index contributed by atoms with van der Waals surface area (Å²) in [5, 5.41) is 0. The zero-order valence-corrected chi connectivity index (χ0v) is 12.2. The molecule has 1 aliphatic rings. The second kappa shape index (κ2) is 5.95. The van der Waals surface area contributed by atoms with Gasteiger partial charge in [0, 0.05) is 12.1 Å². The standard InChI is InChI=1S/C15H20N4O2/c1-3-8-19-12(9(2)13(20)18-15(16)17)10-6-4-5-7-11(10)14(19)21/h4-7,9,12H,3,8H2,1-2H3,(H4,16,17,18,20). The first-order valence-corrected chi connectivity index (χ1v) is 7.00. The van der Waals surface area contributed by atoms with Crippen molar-refractivity contribution in [2.24, 2.45) is 22.4 Å². The van der Waals surface area contributed by atoms with Crippen LogP contribution < -0.4 is 11.5 Å². The highest BCUT2D eigenvalue weighted by molar-refractivity contribution is 6.00. The Labute approximate surface area is 123 Å². The predicted molar refractivity (Wildman–Crippen MR) is 80.5 cm³/mol. The number of nitrogens with zero attached hydrogens (tertiary/aromatic N) is 2. The van der Waals surface area contributed by atoms with Gasteiger partial charge in [-0.2, -0.15) is 4.99 Å². The molecule has 2 rings (SSSR count). The van der Waals surface area contributed by atoms with Crippen molar-refractivity contribution in [2.45, 2.75) is 26.3 Å². The molecule has 0 bridgehead atoms. The van der Waals surface area contributed by atoms with Gasteiger partial charge >= 0.3 is 0 Å². The lowest BCUT2D eigenvalue weighted by Crippen LogP contribution is -2.35. The van der Waals surface area contributed by atoms with Gasteiger partial charge in [-0.1, -0.05) is 32.0 Å². The fraction of sp³-hybridized carbons (Fsp3) is 0.400. The van der Waals surface area contributed by atoms with Crippen molar-refractivity contribution in [3.8, 4) is 0 Å². The Hall–Kier alpha value is -2.37. The summed E-state index contributed by atoms with van der Waals surface area (Å²) in [6.07, 6.45) is 0.819. The molecule has 2 amide bonds. The number of carbonyl (C=O) groups excluding carboxylic acids is 2. The molecule has 0 radical (unpaired) electrons. The van der Waals surface area contributed by atoms with Gasteiger partial charge in [-0.05, 0) is 18.1 Å². The molecule has 0 aromatic heterocycles. The molecule has 0 aliphatic carbocycles. The van der Waals surface area contributed by atoms with E-state index in [1.807, 2.05) is 25.1 Å². The zero-order valence-electron chi connectivity index (χ0n) is 12.2. The minimum atomic E-state index is -0.494. The third-order valence-corrected chi connectivity index (χ3v) is 3.67. The molecule has 2 atom stereocenters. The average molecular weight is 288 g/mol. The zero-order chi connectivity index (χ0) is 15.6. The highest BCUT2D eigenvalue weighted by atomic mass is 16.2. The van der Waals surface area contributed by atoms with Crippen LogP contribution >= 0.6 is 0 Å².